The van der Waals surface area contributed by atoms with E-state index >= 15 is 0 Å². The minimum atomic E-state index is -4.83. The summed E-state index contributed by atoms with van der Waals surface area (Å²) >= 11 is 0. The minimum Gasteiger partial charge on any atom is -0.477 e. The summed E-state index contributed by atoms with van der Waals surface area (Å²) in [6.07, 6.45) is -1.50. The number of halogens is 6. The lowest BCUT2D eigenvalue weighted by molar-refractivity contribution is -0.322. The Kier molecular flexibility index (Phi) is 6.10. The van der Waals surface area contributed by atoms with Gasteiger partial charge in [-0.05, 0) is 38.0 Å². The van der Waals surface area contributed by atoms with Crippen LogP contribution in [0.1, 0.15) is 45.4 Å². The van der Waals surface area contributed by atoms with Gasteiger partial charge < -0.3 is 24.1 Å². The van der Waals surface area contributed by atoms with Crippen molar-refractivity contribution >= 4 is 17.9 Å². The standard InChI is InChI=1S/C21H24F6O8/c1-17(22,23)15(30)35-18-4-10-2-11(5-18)21(12(3-10)6-18)33-8-13(34-21)7-32-16(31)20(26,27)9-19(24,25)14(28)29/h10-13H,2-9H2,1H3,(H,28,29). The number of hydrogen-bond acceptors (Lipinski definition) is 7. The van der Waals surface area contributed by atoms with Gasteiger partial charge in [-0.1, -0.05) is 0 Å². The summed E-state index contributed by atoms with van der Waals surface area (Å²) in [6.45, 7) is -0.458. The molecule has 4 aliphatic carbocycles. The van der Waals surface area contributed by atoms with Gasteiger partial charge in [0.1, 0.15) is 18.3 Å². The normalized spacial score (nSPS) is 36.4. The van der Waals surface area contributed by atoms with Gasteiger partial charge in [0.25, 0.3) is 0 Å². The van der Waals surface area contributed by atoms with Crippen molar-refractivity contribution in [2.75, 3.05) is 13.2 Å². The monoisotopic (exact) mass is 518 g/mol. The van der Waals surface area contributed by atoms with Crippen molar-refractivity contribution in [1.29, 1.82) is 0 Å². The smallest absolute Gasteiger partial charge is 0.377 e. The molecule has 0 aromatic heterocycles. The van der Waals surface area contributed by atoms with Gasteiger partial charge in [0, 0.05) is 18.8 Å². The second-order valence-corrected chi connectivity index (χ2v) is 10.1. The van der Waals surface area contributed by atoms with Crippen molar-refractivity contribution in [3.8, 4) is 0 Å². The molecular formula is C21H24F6O8. The van der Waals surface area contributed by atoms with E-state index in [-0.39, 0.29) is 37.2 Å². The molecule has 1 N–H and O–H groups in total. The van der Waals surface area contributed by atoms with E-state index in [1.807, 2.05) is 0 Å². The molecule has 5 rings (SSSR count). The van der Waals surface area contributed by atoms with E-state index < -0.39 is 66.2 Å². The van der Waals surface area contributed by atoms with E-state index in [0.29, 0.717) is 26.2 Å². The van der Waals surface area contributed by atoms with Crippen LogP contribution in [0.3, 0.4) is 0 Å². The van der Waals surface area contributed by atoms with Gasteiger partial charge in [-0.3, -0.25) is 0 Å². The molecular weight excluding hydrogens is 494 g/mol. The first-order valence-electron chi connectivity index (χ1n) is 11.1. The fourth-order valence-electron chi connectivity index (χ4n) is 6.03. The minimum absolute atomic E-state index is 0.0927. The Morgan fingerprint density at radius 1 is 0.971 bits per heavy atom. The van der Waals surface area contributed by atoms with Gasteiger partial charge >= 0.3 is 35.7 Å². The highest BCUT2D eigenvalue weighted by Crippen LogP contribution is 2.64. The highest BCUT2D eigenvalue weighted by molar-refractivity contribution is 5.81. The molecule has 4 saturated carbocycles. The number of carbonyl (C=O) groups excluding carboxylic acids is 2. The van der Waals surface area contributed by atoms with E-state index in [0.717, 1.165) is 0 Å². The number of ether oxygens (including phenoxy) is 4. The van der Waals surface area contributed by atoms with Crippen LogP contribution in [0.15, 0.2) is 0 Å². The summed E-state index contributed by atoms with van der Waals surface area (Å²) in [5.74, 6) is -21.8. The number of hydrogen-bond donors (Lipinski definition) is 1. The van der Waals surface area contributed by atoms with E-state index in [9.17, 15) is 40.7 Å². The third-order valence-electron chi connectivity index (χ3n) is 7.24. The van der Waals surface area contributed by atoms with Gasteiger partial charge in [-0.2, -0.15) is 26.3 Å². The summed E-state index contributed by atoms with van der Waals surface area (Å²) in [4.78, 5) is 33.9. The molecule has 8 nitrogen and oxygen atoms in total. The number of esters is 2. The Bertz CT molecular complexity index is 887. The molecule has 3 unspecified atom stereocenters. The third kappa shape index (κ3) is 4.70. The second-order valence-electron chi connectivity index (χ2n) is 10.1. The molecule has 0 radical (unpaired) electrons. The number of carboxylic acid groups (broad SMARTS) is 1. The van der Waals surface area contributed by atoms with Crippen molar-refractivity contribution in [1.82, 2.24) is 0 Å². The van der Waals surface area contributed by atoms with Crippen LogP contribution in [-0.4, -0.2) is 71.5 Å². The van der Waals surface area contributed by atoms with Crippen LogP contribution in [0.25, 0.3) is 0 Å². The Labute approximate surface area is 195 Å². The number of aliphatic carboxylic acids is 1. The maximum atomic E-state index is 13.8. The van der Waals surface area contributed by atoms with Crippen molar-refractivity contribution in [3.63, 3.8) is 0 Å². The number of alkyl halides is 6. The van der Waals surface area contributed by atoms with Crippen LogP contribution in [-0.2, 0) is 33.3 Å². The summed E-state index contributed by atoms with van der Waals surface area (Å²) < 4.78 is 102. The SMILES string of the molecule is CC(F)(F)C(=O)OC12CC3CC(C1)C1(OCC(COC(=O)C(F)(F)CC(F)(F)C(=O)O)O1)C(C3)C2. The van der Waals surface area contributed by atoms with Gasteiger partial charge in [0.2, 0.25) is 0 Å². The quantitative estimate of drug-likeness (QED) is 0.386. The topological polar surface area (TPSA) is 108 Å². The number of carboxylic acids is 1. The second kappa shape index (κ2) is 8.22. The first-order valence-corrected chi connectivity index (χ1v) is 11.1. The molecule has 0 aromatic rings. The van der Waals surface area contributed by atoms with Gasteiger partial charge in [-0.15, -0.1) is 0 Å². The van der Waals surface area contributed by atoms with E-state index in [1.54, 1.807) is 0 Å². The van der Waals surface area contributed by atoms with Crippen LogP contribution < -0.4 is 0 Å². The van der Waals surface area contributed by atoms with Crippen molar-refractivity contribution in [3.05, 3.63) is 0 Å². The predicted molar refractivity (Wildman–Crippen MR) is 99.7 cm³/mol. The van der Waals surface area contributed by atoms with Crippen molar-refractivity contribution in [2.24, 2.45) is 17.8 Å². The molecule has 5 aliphatic rings. The molecule has 4 bridgehead atoms. The summed E-state index contributed by atoms with van der Waals surface area (Å²) in [6, 6.07) is 0. The Hall–Kier alpha value is -2.09. The lowest BCUT2D eigenvalue weighted by Crippen LogP contribution is -2.65. The third-order valence-corrected chi connectivity index (χ3v) is 7.24. The molecule has 0 aromatic carbocycles. The van der Waals surface area contributed by atoms with Crippen molar-refractivity contribution < 1.29 is 64.8 Å². The van der Waals surface area contributed by atoms with Crippen LogP contribution >= 0.6 is 0 Å². The zero-order chi connectivity index (χ0) is 26.0. The molecule has 3 atom stereocenters. The summed E-state index contributed by atoms with van der Waals surface area (Å²) in [5.41, 5.74) is -1.08. The molecule has 35 heavy (non-hydrogen) atoms. The largest absolute Gasteiger partial charge is 0.477 e. The molecule has 1 spiro atoms. The maximum Gasteiger partial charge on any atom is 0.377 e. The average molecular weight is 518 g/mol. The molecule has 14 heteroatoms. The van der Waals surface area contributed by atoms with Gasteiger partial charge in [0.05, 0.1) is 13.0 Å². The maximum absolute atomic E-state index is 13.8. The van der Waals surface area contributed by atoms with Crippen molar-refractivity contribution in [2.45, 2.75) is 80.7 Å². The zero-order valence-corrected chi connectivity index (χ0v) is 18.5. The van der Waals surface area contributed by atoms with Gasteiger partial charge in [-0.25, -0.2) is 14.4 Å². The summed E-state index contributed by atoms with van der Waals surface area (Å²) in [7, 11) is 0. The van der Waals surface area contributed by atoms with Crippen LogP contribution in [0.2, 0.25) is 0 Å². The fourth-order valence-corrected chi connectivity index (χ4v) is 6.03. The van der Waals surface area contributed by atoms with E-state index in [4.69, 9.17) is 19.3 Å². The van der Waals surface area contributed by atoms with Crippen LogP contribution in [0, 0.1) is 17.8 Å². The lowest BCUT2D eigenvalue weighted by atomic mass is 9.51. The molecule has 1 aliphatic heterocycles. The molecule has 1 heterocycles. The lowest BCUT2D eigenvalue weighted by Gasteiger charge is -2.62. The van der Waals surface area contributed by atoms with Crippen LogP contribution in [0.4, 0.5) is 26.3 Å². The Morgan fingerprint density at radius 3 is 2.11 bits per heavy atom. The van der Waals surface area contributed by atoms with Gasteiger partial charge in [0.15, 0.2) is 5.79 Å². The molecule has 5 fully saturated rings. The molecule has 1 saturated heterocycles. The first kappa shape index (κ1) is 26.0. The fraction of sp³-hybridized carbons (Fsp3) is 0.857. The molecule has 198 valence electrons. The first-order chi connectivity index (χ1) is 16.0. The van der Waals surface area contributed by atoms with E-state index in [1.165, 1.54) is 0 Å². The predicted octanol–water partition coefficient (Wildman–Crippen LogP) is 3.16. The average Bonchev–Trinajstić information content (AvgIpc) is 3.13. The van der Waals surface area contributed by atoms with E-state index in [2.05, 4.69) is 4.74 Å². The highest BCUT2D eigenvalue weighted by atomic mass is 19.3. The number of rotatable bonds is 8. The number of carbonyl (C=O) groups is 3. The Balaban J connectivity index is 1.37. The Morgan fingerprint density at radius 2 is 1.57 bits per heavy atom. The highest BCUT2D eigenvalue weighted by Gasteiger charge is 2.68. The van der Waals surface area contributed by atoms with Crippen LogP contribution in [0.5, 0.6) is 0 Å². The molecule has 0 amide bonds. The zero-order valence-electron chi connectivity index (χ0n) is 18.5. The summed E-state index contributed by atoms with van der Waals surface area (Å²) in [5, 5.41) is 8.30.